The molecule has 0 saturated heterocycles. The first-order chi connectivity index (χ1) is 23.5. The van der Waals surface area contributed by atoms with Gasteiger partial charge in [-0.2, -0.15) is 70.2 Å². The molecule has 0 aliphatic carbocycles. The molecule has 0 saturated carbocycles. The van der Waals surface area contributed by atoms with E-state index in [0.717, 1.165) is 13.1 Å². The summed E-state index contributed by atoms with van der Waals surface area (Å²) in [5.41, 5.74) is 0. The number of halogens is 18. The highest BCUT2D eigenvalue weighted by atomic mass is 28.5. The smallest absolute Gasteiger partial charge is 0.436 e. The van der Waals surface area contributed by atoms with Gasteiger partial charge in [0.05, 0.1) is 0 Å². The Labute approximate surface area is 307 Å². The number of hydrogen-bond acceptors (Lipinski definition) is 7. The van der Waals surface area contributed by atoms with Crippen LogP contribution in [-0.2, 0) is 30.7 Å². The molecule has 4 radical (unpaired) electrons. The summed E-state index contributed by atoms with van der Waals surface area (Å²) in [5, 5.41) is 0. The third kappa shape index (κ3) is 14.2. The lowest BCUT2D eigenvalue weighted by atomic mass is 10.2. The molecule has 31 heteroatoms. The molecule has 3 unspecified atom stereocenters. The zero-order valence-corrected chi connectivity index (χ0v) is 36.0. The van der Waals surface area contributed by atoms with Gasteiger partial charge in [0.1, 0.15) is 0 Å². The molecule has 0 aliphatic rings. The van der Waals surface area contributed by atoms with Gasteiger partial charge in [-0.15, -0.1) is 0 Å². The van der Waals surface area contributed by atoms with Crippen molar-refractivity contribution in [2.24, 2.45) is 0 Å². The molecule has 0 spiro atoms. The molecule has 0 aliphatic heterocycles. The molecule has 0 bridgehead atoms. The van der Waals surface area contributed by atoms with E-state index < -0.39 is 133 Å². The second-order valence-corrected chi connectivity index (χ2v) is 28.8. The summed E-state index contributed by atoms with van der Waals surface area (Å²) in [4.78, 5) is 0. The molecule has 0 aromatic rings. The van der Waals surface area contributed by atoms with Gasteiger partial charge in [-0.25, -0.2) is 8.78 Å². The summed E-state index contributed by atoms with van der Waals surface area (Å²) in [7, 11) is -15.7. The van der Waals surface area contributed by atoms with E-state index in [1.165, 1.54) is 52.4 Å². The maximum absolute atomic E-state index is 15.2. The van der Waals surface area contributed by atoms with Crippen molar-refractivity contribution in [1.82, 2.24) is 0 Å². The van der Waals surface area contributed by atoms with Crippen molar-refractivity contribution in [3.63, 3.8) is 0 Å². The van der Waals surface area contributed by atoms with Crippen LogP contribution in [0.25, 0.3) is 0 Å². The fourth-order valence-corrected chi connectivity index (χ4v) is 22.4. The first kappa shape index (κ1) is 53.8. The molecule has 0 N–H and O–H groups in total. The number of hydrogen-bond donors (Lipinski definition) is 0. The van der Waals surface area contributed by atoms with Crippen molar-refractivity contribution >= 4 is 53.3 Å². The third-order valence-electron chi connectivity index (χ3n) is 6.25. The highest BCUT2D eigenvalue weighted by Crippen LogP contribution is 2.56. The van der Waals surface area contributed by atoms with Gasteiger partial charge in [0.2, 0.25) is 0 Å². The average Bonchev–Trinajstić information content (AvgIpc) is 2.86. The van der Waals surface area contributed by atoms with Crippen molar-refractivity contribution in [2.45, 2.75) is 145 Å². The van der Waals surface area contributed by atoms with Crippen molar-refractivity contribution in [1.29, 1.82) is 0 Å². The molecule has 0 heterocycles. The van der Waals surface area contributed by atoms with Crippen LogP contribution in [0.15, 0.2) is 0 Å². The normalized spacial score (nSPS) is 18.4. The fourth-order valence-electron chi connectivity index (χ4n) is 4.30. The van der Waals surface area contributed by atoms with Crippen LogP contribution in [0.2, 0.25) is 77.6 Å². The molecule has 54 heavy (non-hydrogen) atoms. The third-order valence-corrected chi connectivity index (χ3v) is 22.0. The minimum atomic E-state index is -7.94. The van der Waals surface area contributed by atoms with Crippen LogP contribution in [0, 0.1) is 0 Å². The Morgan fingerprint density at radius 1 is 0.370 bits per heavy atom. The molecule has 0 rings (SSSR count). The topological polar surface area (TPSA) is 64.6 Å². The average molecular weight is 937 g/mol. The van der Waals surface area contributed by atoms with E-state index in [0.29, 0.717) is 0 Å². The fraction of sp³-hybridized carbons (Fsp3) is 1.00. The summed E-state index contributed by atoms with van der Waals surface area (Å²) < 4.78 is 286. The van der Waals surface area contributed by atoms with E-state index in [2.05, 4.69) is 9.47 Å². The van der Waals surface area contributed by atoms with Gasteiger partial charge in [0.25, 0.3) is 0 Å². The standard InChI is InChI=1S/C23H38F18O7Si6/c1-49(2)45-53(9,46-50(3)4)13-11-15(24,18(27,28)29)42-21(36,37)17(26,20(33,34)35)44-23(40,41)22(38,39)43-16(25,19(30,31)32)12-14-54(10,47-51(5)6)48-52(7)8/h11-14H2,1-10H3. The first-order valence-corrected chi connectivity index (χ1v) is 29.6. The van der Waals surface area contributed by atoms with Gasteiger partial charge in [-0.3, -0.25) is 14.2 Å². The predicted octanol–water partition coefficient (Wildman–Crippen LogP) is 10.5. The van der Waals surface area contributed by atoms with Gasteiger partial charge >= 0.3 is 71.5 Å². The molecular formula is C23H38F18O7Si6. The molecule has 0 aromatic heterocycles. The number of alkyl halides is 18. The maximum atomic E-state index is 15.2. The van der Waals surface area contributed by atoms with Gasteiger partial charge < -0.3 is 16.5 Å². The van der Waals surface area contributed by atoms with Crippen LogP contribution in [0.1, 0.15) is 12.8 Å². The molecule has 322 valence electrons. The Morgan fingerprint density at radius 2 is 0.611 bits per heavy atom. The maximum Gasteiger partial charge on any atom is 0.458 e. The van der Waals surface area contributed by atoms with E-state index >= 15 is 13.2 Å². The largest absolute Gasteiger partial charge is 0.458 e. The van der Waals surface area contributed by atoms with Gasteiger partial charge in [-0.1, -0.05) is 0 Å². The van der Waals surface area contributed by atoms with Crippen LogP contribution < -0.4 is 0 Å². The van der Waals surface area contributed by atoms with Crippen LogP contribution in [0.5, 0.6) is 0 Å². The Balaban J connectivity index is 6.98. The lowest BCUT2D eigenvalue weighted by Crippen LogP contribution is -2.67. The lowest BCUT2D eigenvalue weighted by molar-refractivity contribution is -0.567. The van der Waals surface area contributed by atoms with Crippen LogP contribution >= 0.6 is 0 Å². The van der Waals surface area contributed by atoms with Crippen molar-refractivity contribution in [2.75, 3.05) is 0 Å². The lowest BCUT2D eigenvalue weighted by Gasteiger charge is -2.41. The molecule has 0 fully saturated rings. The quantitative estimate of drug-likeness (QED) is 0.0792. The number of ether oxygens (including phenoxy) is 3. The Kier molecular flexibility index (Phi) is 17.9. The monoisotopic (exact) mass is 936 g/mol. The summed E-state index contributed by atoms with van der Waals surface area (Å²) >= 11 is 0. The molecule has 0 amide bonds. The highest BCUT2D eigenvalue weighted by molar-refractivity contribution is 6.79. The Hall–Kier alpha value is -0.239. The van der Waals surface area contributed by atoms with Crippen LogP contribution in [-0.4, -0.2) is 108 Å². The molecule has 7 nitrogen and oxygen atoms in total. The molecular weight excluding hydrogens is 899 g/mol. The van der Waals surface area contributed by atoms with E-state index in [4.69, 9.17) is 16.5 Å². The summed E-state index contributed by atoms with van der Waals surface area (Å²) in [6, 6.07) is -2.69. The van der Waals surface area contributed by atoms with Gasteiger partial charge in [0, 0.05) is 12.8 Å². The minimum Gasteiger partial charge on any atom is -0.436 e. The minimum absolute atomic E-state index is 0.990. The van der Waals surface area contributed by atoms with Gasteiger partial charge in [0.15, 0.2) is 36.2 Å². The second-order valence-electron chi connectivity index (χ2n) is 12.7. The second kappa shape index (κ2) is 17.9. The number of rotatable bonds is 22. The van der Waals surface area contributed by atoms with E-state index in [9.17, 15) is 65.9 Å². The Morgan fingerprint density at radius 3 is 0.833 bits per heavy atom. The van der Waals surface area contributed by atoms with Crippen LogP contribution in [0.4, 0.5) is 79.0 Å². The molecule has 0 aromatic carbocycles. The zero-order chi connectivity index (χ0) is 43.6. The molecule has 3 atom stereocenters. The highest BCUT2D eigenvalue weighted by Gasteiger charge is 2.83. The zero-order valence-electron chi connectivity index (χ0n) is 30.0. The first-order valence-electron chi connectivity index (χ1n) is 14.9. The summed E-state index contributed by atoms with van der Waals surface area (Å²) in [5.74, 6) is -20.1. The Bertz CT molecular complexity index is 1180. The van der Waals surface area contributed by atoms with Crippen molar-refractivity contribution < 1.29 is 110 Å². The van der Waals surface area contributed by atoms with Crippen molar-refractivity contribution in [3.05, 3.63) is 0 Å². The van der Waals surface area contributed by atoms with E-state index in [1.807, 2.05) is 4.74 Å². The van der Waals surface area contributed by atoms with Crippen LogP contribution in [0.3, 0.4) is 0 Å². The van der Waals surface area contributed by atoms with Crippen molar-refractivity contribution in [3.8, 4) is 0 Å². The van der Waals surface area contributed by atoms with Gasteiger partial charge in [-0.05, 0) is 77.6 Å². The SMILES string of the molecule is C[Si](C)O[Si](C)(CCC(F)(OC(F)(F)C(F)(F)OC(F)(C(F)(F)F)C(F)(F)OC(F)(CC[Si](C)(O[Si](C)C)O[Si](C)C)C(F)(F)F)C(F)(F)F)O[Si](C)C. The van der Waals surface area contributed by atoms with E-state index in [-0.39, 0.29) is 0 Å². The summed E-state index contributed by atoms with van der Waals surface area (Å²) in [6.07, 6.45) is -49.4. The van der Waals surface area contributed by atoms with E-state index in [1.54, 1.807) is 0 Å². The summed E-state index contributed by atoms with van der Waals surface area (Å²) in [6.45, 7) is 13.2. The predicted molar refractivity (Wildman–Crippen MR) is 164 cm³/mol.